The first-order chi connectivity index (χ1) is 15.3. The predicted molar refractivity (Wildman–Crippen MR) is 115 cm³/mol. The van der Waals surface area contributed by atoms with Gasteiger partial charge in [-0.3, -0.25) is 24.1 Å². The van der Waals surface area contributed by atoms with Crippen molar-refractivity contribution in [2.75, 3.05) is 39.0 Å². The summed E-state index contributed by atoms with van der Waals surface area (Å²) < 4.78 is 34.3. The summed E-state index contributed by atoms with van der Waals surface area (Å²) in [6, 6.07) is 4.14. The average molecular weight is 488 g/mol. The van der Waals surface area contributed by atoms with Crippen LogP contribution >= 0.6 is 23.5 Å². The molecule has 0 aromatic heterocycles. The molecule has 2 aliphatic rings. The Balaban J connectivity index is 1.57. The van der Waals surface area contributed by atoms with E-state index in [1.54, 1.807) is 0 Å². The number of thioether (sulfide) groups is 2. The number of nitrogens with zero attached hydrogens (tertiary/aromatic N) is 2. The molecule has 1 aromatic carbocycles. The number of methoxy groups -OCH3 is 1. The van der Waals surface area contributed by atoms with E-state index < -0.39 is 17.8 Å². The zero-order chi connectivity index (χ0) is 23.3. The van der Waals surface area contributed by atoms with Crippen LogP contribution in [0.5, 0.6) is 11.5 Å². The summed E-state index contributed by atoms with van der Waals surface area (Å²) in [6.45, 7) is -2.55. The SMILES string of the molecule is COc1cc(C=C2SC(=O)N(CCNC(=O)CN3CCSC3=O)C2=O)ccc1OC(F)F. The van der Waals surface area contributed by atoms with Crippen LogP contribution in [0.3, 0.4) is 0 Å². The van der Waals surface area contributed by atoms with Crippen LogP contribution in [0.15, 0.2) is 23.1 Å². The number of carbonyl (C=O) groups is 4. The van der Waals surface area contributed by atoms with Gasteiger partial charge in [0.25, 0.3) is 16.4 Å². The zero-order valence-electron chi connectivity index (χ0n) is 16.8. The number of amides is 4. The summed E-state index contributed by atoms with van der Waals surface area (Å²) in [5, 5.41) is 1.95. The summed E-state index contributed by atoms with van der Waals surface area (Å²) >= 11 is 1.88. The van der Waals surface area contributed by atoms with Crippen molar-refractivity contribution >= 4 is 51.9 Å². The summed E-state index contributed by atoms with van der Waals surface area (Å²) in [7, 11) is 1.29. The fraction of sp³-hybridized carbons (Fsp3) is 0.368. The van der Waals surface area contributed by atoms with E-state index in [1.165, 1.54) is 36.3 Å². The molecule has 0 spiro atoms. The molecule has 0 radical (unpaired) electrons. The lowest BCUT2D eigenvalue weighted by Gasteiger charge is -2.16. The van der Waals surface area contributed by atoms with Gasteiger partial charge in [-0.1, -0.05) is 17.8 Å². The number of hydrogen-bond acceptors (Lipinski definition) is 8. The maximum Gasteiger partial charge on any atom is 0.387 e. The van der Waals surface area contributed by atoms with Gasteiger partial charge in [-0.15, -0.1) is 0 Å². The number of alkyl halides is 2. The second-order valence-corrected chi connectivity index (χ2v) is 8.55. The molecule has 0 aliphatic carbocycles. The van der Waals surface area contributed by atoms with E-state index >= 15 is 0 Å². The maximum atomic E-state index is 12.6. The lowest BCUT2D eigenvalue weighted by molar-refractivity contribution is -0.124. The smallest absolute Gasteiger partial charge is 0.387 e. The Morgan fingerprint density at radius 3 is 2.69 bits per heavy atom. The van der Waals surface area contributed by atoms with Crippen molar-refractivity contribution in [2.24, 2.45) is 0 Å². The van der Waals surface area contributed by atoms with Gasteiger partial charge >= 0.3 is 6.61 Å². The summed E-state index contributed by atoms with van der Waals surface area (Å²) in [5.74, 6) is -0.370. The third-order valence-electron chi connectivity index (χ3n) is 4.41. The molecular formula is C19H19F2N3O6S2. The fourth-order valence-corrected chi connectivity index (χ4v) is 4.61. The van der Waals surface area contributed by atoms with Crippen molar-refractivity contribution < 1.29 is 37.4 Å². The molecule has 1 N–H and O–H groups in total. The largest absolute Gasteiger partial charge is 0.493 e. The first-order valence-electron chi connectivity index (χ1n) is 9.35. The van der Waals surface area contributed by atoms with E-state index in [4.69, 9.17) is 4.74 Å². The standard InChI is InChI=1S/C19H19F2N3O6S2/c1-29-13-8-11(2-3-12(13)30-17(20)21)9-14-16(26)24(19(28)32-14)5-4-22-15(25)10-23-6-7-31-18(23)27/h2-3,8-9,17H,4-7,10H2,1H3,(H,22,25). The topological polar surface area (TPSA) is 105 Å². The first-order valence-corrected chi connectivity index (χ1v) is 11.2. The second kappa shape index (κ2) is 10.7. The van der Waals surface area contributed by atoms with Gasteiger partial charge in [0.15, 0.2) is 11.5 Å². The highest BCUT2D eigenvalue weighted by atomic mass is 32.2. The van der Waals surface area contributed by atoms with Crippen LogP contribution in [-0.2, 0) is 9.59 Å². The fourth-order valence-electron chi connectivity index (χ4n) is 2.92. The highest BCUT2D eigenvalue weighted by Crippen LogP contribution is 2.34. The molecule has 2 aliphatic heterocycles. The van der Waals surface area contributed by atoms with Crippen LogP contribution < -0.4 is 14.8 Å². The van der Waals surface area contributed by atoms with Crippen LogP contribution in [-0.4, -0.2) is 77.7 Å². The van der Waals surface area contributed by atoms with Crippen molar-refractivity contribution in [3.05, 3.63) is 28.7 Å². The lowest BCUT2D eigenvalue weighted by Crippen LogP contribution is -2.41. The van der Waals surface area contributed by atoms with Crippen LogP contribution in [0.25, 0.3) is 6.08 Å². The average Bonchev–Trinajstić information content (AvgIpc) is 3.26. The van der Waals surface area contributed by atoms with Crippen LogP contribution in [0.4, 0.5) is 18.4 Å². The number of hydrogen-bond donors (Lipinski definition) is 1. The molecule has 32 heavy (non-hydrogen) atoms. The minimum absolute atomic E-state index is 0.0269. The molecule has 13 heteroatoms. The molecule has 9 nitrogen and oxygen atoms in total. The molecule has 2 heterocycles. The summed E-state index contributed by atoms with van der Waals surface area (Å²) in [5.41, 5.74) is 0.454. The molecule has 4 amide bonds. The Labute approximate surface area is 190 Å². The number of ether oxygens (including phenoxy) is 2. The number of carbonyl (C=O) groups excluding carboxylic acids is 4. The quantitative estimate of drug-likeness (QED) is 0.530. The third kappa shape index (κ3) is 5.91. The predicted octanol–water partition coefficient (Wildman–Crippen LogP) is 2.62. The number of imide groups is 1. The Hall–Kier alpha value is -2.80. The zero-order valence-corrected chi connectivity index (χ0v) is 18.5. The van der Waals surface area contributed by atoms with E-state index in [9.17, 15) is 28.0 Å². The van der Waals surface area contributed by atoms with Crippen LogP contribution in [0.1, 0.15) is 5.56 Å². The highest BCUT2D eigenvalue weighted by molar-refractivity contribution is 8.18. The lowest BCUT2D eigenvalue weighted by atomic mass is 10.2. The monoisotopic (exact) mass is 487 g/mol. The van der Waals surface area contributed by atoms with Gasteiger partial charge in [-0.05, 0) is 35.5 Å². The molecular weight excluding hydrogens is 468 g/mol. The molecule has 3 rings (SSSR count). The molecule has 0 saturated carbocycles. The normalized spacial score (nSPS) is 17.6. The van der Waals surface area contributed by atoms with Crippen molar-refractivity contribution in [3.63, 3.8) is 0 Å². The Morgan fingerprint density at radius 2 is 2.03 bits per heavy atom. The molecule has 2 saturated heterocycles. The molecule has 172 valence electrons. The van der Waals surface area contributed by atoms with E-state index in [-0.39, 0.29) is 47.2 Å². The minimum atomic E-state index is -3.01. The van der Waals surface area contributed by atoms with Gasteiger partial charge in [-0.2, -0.15) is 8.78 Å². The molecule has 0 unspecified atom stereocenters. The van der Waals surface area contributed by atoms with Gasteiger partial charge < -0.3 is 19.7 Å². The van der Waals surface area contributed by atoms with E-state index in [0.717, 1.165) is 28.4 Å². The van der Waals surface area contributed by atoms with E-state index in [2.05, 4.69) is 10.1 Å². The first kappa shape index (κ1) is 23.9. The van der Waals surface area contributed by atoms with Crippen molar-refractivity contribution in [1.82, 2.24) is 15.1 Å². The van der Waals surface area contributed by atoms with Crippen molar-refractivity contribution in [1.29, 1.82) is 0 Å². The molecule has 0 atom stereocenters. The molecule has 1 aromatic rings. The second-order valence-electron chi connectivity index (χ2n) is 6.51. The summed E-state index contributed by atoms with van der Waals surface area (Å²) in [6.07, 6.45) is 1.44. The highest BCUT2D eigenvalue weighted by Gasteiger charge is 2.34. The number of halogens is 2. The van der Waals surface area contributed by atoms with Gasteiger partial charge in [0.2, 0.25) is 5.91 Å². The van der Waals surface area contributed by atoms with E-state index in [1.807, 2.05) is 0 Å². The third-order valence-corrected chi connectivity index (χ3v) is 6.21. The van der Waals surface area contributed by atoms with Gasteiger partial charge in [-0.25, -0.2) is 0 Å². The summed E-state index contributed by atoms with van der Waals surface area (Å²) in [4.78, 5) is 50.8. The number of rotatable bonds is 9. The van der Waals surface area contributed by atoms with Gasteiger partial charge in [0.1, 0.15) is 6.54 Å². The molecule has 0 bridgehead atoms. The van der Waals surface area contributed by atoms with Gasteiger partial charge in [0, 0.05) is 25.4 Å². The molecule has 2 fully saturated rings. The maximum absolute atomic E-state index is 12.6. The van der Waals surface area contributed by atoms with Crippen LogP contribution in [0, 0.1) is 0 Å². The van der Waals surface area contributed by atoms with E-state index in [0.29, 0.717) is 17.9 Å². The van der Waals surface area contributed by atoms with Crippen molar-refractivity contribution in [2.45, 2.75) is 6.61 Å². The van der Waals surface area contributed by atoms with Crippen molar-refractivity contribution in [3.8, 4) is 11.5 Å². The Morgan fingerprint density at radius 1 is 1.25 bits per heavy atom. The minimum Gasteiger partial charge on any atom is -0.493 e. The number of nitrogens with one attached hydrogen (secondary N) is 1. The number of benzene rings is 1. The Bertz CT molecular complexity index is 959. The van der Waals surface area contributed by atoms with Crippen LogP contribution in [0.2, 0.25) is 0 Å². The Kier molecular flexibility index (Phi) is 7.96. The van der Waals surface area contributed by atoms with Gasteiger partial charge in [0.05, 0.1) is 12.0 Å².